The first kappa shape index (κ1) is 14.0. The minimum absolute atomic E-state index is 0.0575. The lowest BCUT2D eigenvalue weighted by Gasteiger charge is -2.03. The van der Waals surface area contributed by atoms with E-state index in [1.165, 1.54) is 10.9 Å². The average molecular weight is 280 g/mol. The Bertz CT molecular complexity index is 510. The number of amides is 1. The number of sulfone groups is 1. The highest BCUT2D eigenvalue weighted by Crippen LogP contribution is 2.12. The first-order valence-electron chi connectivity index (χ1n) is 5.03. The molecule has 96 valence electrons. The van der Waals surface area contributed by atoms with E-state index >= 15 is 0 Å². The third-order valence-corrected chi connectivity index (χ3v) is 4.12. The van der Waals surface area contributed by atoms with Crippen molar-refractivity contribution in [1.82, 2.24) is 15.1 Å². The number of carbonyl (C=O) groups excluding carboxylic acids is 1. The molecule has 0 aliphatic carbocycles. The van der Waals surface area contributed by atoms with Crippen molar-refractivity contribution in [3.8, 4) is 0 Å². The molecule has 0 unspecified atom stereocenters. The highest BCUT2D eigenvalue weighted by Gasteiger charge is 2.15. The Morgan fingerprint density at radius 1 is 1.59 bits per heavy atom. The van der Waals surface area contributed by atoms with Gasteiger partial charge in [-0.1, -0.05) is 18.5 Å². The van der Waals surface area contributed by atoms with Crippen LogP contribution < -0.4 is 5.32 Å². The van der Waals surface area contributed by atoms with Gasteiger partial charge in [0, 0.05) is 25.5 Å². The molecule has 0 spiro atoms. The maximum absolute atomic E-state index is 11.6. The van der Waals surface area contributed by atoms with Crippen LogP contribution in [0.3, 0.4) is 0 Å². The summed E-state index contributed by atoms with van der Waals surface area (Å²) in [6, 6.07) is 0. The molecule has 0 saturated heterocycles. The van der Waals surface area contributed by atoms with Gasteiger partial charge in [0.05, 0.1) is 10.8 Å². The van der Waals surface area contributed by atoms with Gasteiger partial charge >= 0.3 is 0 Å². The van der Waals surface area contributed by atoms with Crippen LogP contribution in [0.5, 0.6) is 0 Å². The molecule has 1 rings (SSSR count). The largest absolute Gasteiger partial charge is 0.350 e. The van der Waals surface area contributed by atoms with Gasteiger partial charge < -0.3 is 5.32 Å². The maximum Gasteiger partial charge on any atom is 0.273 e. The van der Waals surface area contributed by atoms with E-state index in [0.717, 1.165) is 0 Å². The summed E-state index contributed by atoms with van der Waals surface area (Å²) in [5.41, 5.74) is 0.100. The summed E-state index contributed by atoms with van der Waals surface area (Å²) >= 11 is 5.77. The van der Waals surface area contributed by atoms with E-state index in [2.05, 4.69) is 10.4 Å². The summed E-state index contributed by atoms with van der Waals surface area (Å²) in [4.78, 5) is 11.6. The van der Waals surface area contributed by atoms with Gasteiger partial charge in [-0.2, -0.15) is 5.10 Å². The highest BCUT2D eigenvalue weighted by molar-refractivity contribution is 7.91. The summed E-state index contributed by atoms with van der Waals surface area (Å²) in [5.74, 6) is -0.491. The maximum atomic E-state index is 11.6. The van der Waals surface area contributed by atoms with Gasteiger partial charge in [-0.3, -0.25) is 9.48 Å². The molecule has 0 bridgehead atoms. The van der Waals surface area contributed by atoms with E-state index in [-0.39, 0.29) is 28.8 Å². The number of carbonyl (C=O) groups is 1. The lowest BCUT2D eigenvalue weighted by Crippen LogP contribution is -2.30. The third-order valence-electron chi connectivity index (χ3n) is 2.14. The Morgan fingerprint density at radius 2 is 2.24 bits per heavy atom. The van der Waals surface area contributed by atoms with Crippen molar-refractivity contribution < 1.29 is 13.2 Å². The molecular weight excluding hydrogens is 266 g/mol. The van der Waals surface area contributed by atoms with Crippen LogP contribution in [-0.2, 0) is 16.9 Å². The molecule has 0 fully saturated rings. The fraction of sp³-hybridized carbons (Fsp3) is 0.556. The molecule has 1 aromatic heterocycles. The molecule has 0 saturated carbocycles. The van der Waals surface area contributed by atoms with Crippen molar-refractivity contribution in [3.63, 3.8) is 0 Å². The standard InChI is InChI=1S/C9H14ClN3O3S/c1-3-17(15,16)5-4-11-9(14)8-7(10)6-13(2)12-8/h6H,3-5H2,1-2H3,(H,11,14). The van der Waals surface area contributed by atoms with Crippen LogP contribution in [0.25, 0.3) is 0 Å². The first-order valence-corrected chi connectivity index (χ1v) is 7.23. The summed E-state index contributed by atoms with van der Waals surface area (Å²) in [6.07, 6.45) is 1.50. The molecule has 1 aromatic rings. The zero-order valence-electron chi connectivity index (χ0n) is 9.60. The Hall–Kier alpha value is -1.08. The van der Waals surface area contributed by atoms with Crippen molar-refractivity contribution in [1.29, 1.82) is 0 Å². The minimum Gasteiger partial charge on any atom is -0.350 e. The second-order valence-electron chi connectivity index (χ2n) is 3.49. The minimum atomic E-state index is -3.08. The van der Waals surface area contributed by atoms with E-state index in [9.17, 15) is 13.2 Å². The monoisotopic (exact) mass is 279 g/mol. The summed E-state index contributed by atoms with van der Waals surface area (Å²) in [6.45, 7) is 1.62. The number of nitrogens with zero attached hydrogens (tertiary/aromatic N) is 2. The highest BCUT2D eigenvalue weighted by atomic mass is 35.5. The van der Waals surface area contributed by atoms with Gasteiger partial charge in [-0.05, 0) is 0 Å². The molecule has 1 N–H and O–H groups in total. The fourth-order valence-corrected chi connectivity index (χ4v) is 2.13. The van der Waals surface area contributed by atoms with Crippen molar-refractivity contribution in [2.45, 2.75) is 6.92 Å². The predicted octanol–water partition coefficient (Wildman–Crippen LogP) is 0.238. The summed E-state index contributed by atoms with van der Waals surface area (Å²) in [7, 11) is -1.43. The molecule has 1 heterocycles. The normalized spacial score (nSPS) is 11.5. The second-order valence-corrected chi connectivity index (χ2v) is 6.37. The SMILES string of the molecule is CCS(=O)(=O)CCNC(=O)c1nn(C)cc1Cl. The molecule has 1 amide bonds. The van der Waals surface area contributed by atoms with E-state index < -0.39 is 15.7 Å². The van der Waals surface area contributed by atoms with E-state index in [0.29, 0.717) is 0 Å². The number of rotatable bonds is 5. The Balaban J connectivity index is 2.54. The molecule has 0 atom stereocenters. The van der Waals surface area contributed by atoms with Crippen LogP contribution in [0.4, 0.5) is 0 Å². The number of aryl methyl sites for hydroxylation is 1. The summed E-state index contributed by atoms with van der Waals surface area (Å²) in [5, 5.41) is 6.57. The quantitative estimate of drug-likeness (QED) is 0.837. The average Bonchev–Trinajstić information content (AvgIpc) is 2.57. The molecule has 6 nitrogen and oxygen atoms in total. The summed E-state index contributed by atoms with van der Waals surface area (Å²) < 4.78 is 23.8. The van der Waals surface area contributed by atoms with Crippen LogP contribution in [0, 0.1) is 0 Å². The third kappa shape index (κ3) is 4.01. The molecule has 0 aromatic carbocycles. The van der Waals surface area contributed by atoms with Gasteiger partial charge in [-0.25, -0.2) is 8.42 Å². The number of aromatic nitrogens is 2. The van der Waals surface area contributed by atoms with E-state index in [1.807, 2.05) is 0 Å². The van der Waals surface area contributed by atoms with Gasteiger partial charge in [0.15, 0.2) is 15.5 Å². The van der Waals surface area contributed by atoms with Crippen molar-refractivity contribution in [2.24, 2.45) is 7.05 Å². The smallest absolute Gasteiger partial charge is 0.273 e. The molecule has 17 heavy (non-hydrogen) atoms. The van der Waals surface area contributed by atoms with Crippen molar-refractivity contribution >= 4 is 27.3 Å². The number of hydrogen-bond donors (Lipinski definition) is 1. The first-order chi connectivity index (χ1) is 7.85. The van der Waals surface area contributed by atoms with Crippen LogP contribution in [-0.4, -0.2) is 42.2 Å². The zero-order valence-corrected chi connectivity index (χ0v) is 11.2. The lowest BCUT2D eigenvalue weighted by molar-refractivity contribution is 0.0950. The second kappa shape index (κ2) is 5.50. The van der Waals surface area contributed by atoms with Crippen LogP contribution in [0.1, 0.15) is 17.4 Å². The Labute approximate surface area is 105 Å². The molecule has 0 aliphatic heterocycles. The van der Waals surface area contributed by atoms with Gasteiger partial charge in [0.1, 0.15) is 0 Å². The number of hydrogen-bond acceptors (Lipinski definition) is 4. The van der Waals surface area contributed by atoms with E-state index in [4.69, 9.17) is 11.6 Å². The topological polar surface area (TPSA) is 81.1 Å². The fourth-order valence-electron chi connectivity index (χ4n) is 1.16. The zero-order chi connectivity index (χ0) is 13.1. The molecule has 8 heteroatoms. The number of halogens is 1. The molecule has 0 radical (unpaired) electrons. The Morgan fingerprint density at radius 3 is 2.71 bits per heavy atom. The van der Waals surface area contributed by atoms with Crippen molar-refractivity contribution in [3.05, 3.63) is 16.9 Å². The van der Waals surface area contributed by atoms with Gasteiger partial charge in [0.2, 0.25) is 0 Å². The van der Waals surface area contributed by atoms with Gasteiger partial charge in [-0.15, -0.1) is 0 Å². The van der Waals surface area contributed by atoms with E-state index in [1.54, 1.807) is 14.0 Å². The Kier molecular flexibility index (Phi) is 4.53. The van der Waals surface area contributed by atoms with Gasteiger partial charge in [0.25, 0.3) is 5.91 Å². The van der Waals surface area contributed by atoms with Crippen LogP contribution in [0.2, 0.25) is 5.02 Å². The van der Waals surface area contributed by atoms with Crippen LogP contribution in [0.15, 0.2) is 6.20 Å². The number of nitrogens with one attached hydrogen (secondary N) is 1. The van der Waals surface area contributed by atoms with Crippen LogP contribution >= 0.6 is 11.6 Å². The predicted molar refractivity (Wildman–Crippen MR) is 64.9 cm³/mol. The van der Waals surface area contributed by atoms with Crippen molar-refractivity contribution in [2.75, 3.05) is 18.1 Å². The lowest BCUT2D eigenvalue weighted by atomic mass is 10.4. The molecule has 0 aliphatic rings. The molecular formula is C9H14ClN3O3S.